The highest BCUT2D eigenvalue weighted by atomic mass is 14.7. The smallest absolute Gasteiger partial charge is 0.0288 e. The first-order valence-electron chi connectivity index (χ1n) is 7.86. The van der Waals surface area contributed by atoms with Crippen LogP contribution >= 0.6 is 0 Å². The fourth-order valence-electron chi connectivity index (χ4n) is 3.49. The summed E-state index contributed by atoms with van der Waals surface area (Å²) in [6, 6.07) is 11.2. The molecule has 2 aliphatic carbocycles. The van der Waals surface area contributed by atoms with Crippen LogP contribution in [0.4, 0.5) is 0 Å². The molecule has 2 N–H and O–H groups in total. The lowest BCUT2D eigenvalue weighted by Gasteiger charge is -2.18. The first-order chi connectivity index (χ1) is 9.36. The summed E-state index contributed by atoms with van der Waals surface area (Å²) in [5.41, 5.74) is 9.56. The molecule has 0 saturated heterocycles. The first kappa shape index (κ1) is 12.9. The lowest BCUT2D eigenvalue weighted by atomic mass is 9.92. The van der Waals surface area contributed by atoms with Crippen LogP contribution in [0.15, 0.2) is 42.0 Å². The summed E-state index contributed by atoms with van der Waals surface area (Å²) < 4.78 is 0. The normalized spacial score (nSPS) is 31.7. The van der Waals surface area contributed by atoms with Gasteiger partial charge < -0.3 is 5.73 Å². The second-order valence-corrected chi connectivity index (χ2v) is 6.17. The summed E-state index contributed by atoms with van der Waals surface area (Å²) in [7, 11) is 0. The highest BCUT2D eigenvalue weighted by Gasteiger charge is 2.43. The van der Waals surface area contributed by atoms with E-state index in [1.165, 1.54) is 50.5 Å². The van der Waals surface area contributed by atoms with Gasteiger partial charge in [-0.2, -0.15) is 0 Å². The third-order valence-electron chi connectivity index (χ3n) is 4.78. The quantitative estimate of drug-likeness (QED) is 0.796. The molecular formula is C18H25N. The molecule has 2 aliphatic rings. The molecule has 1 saturated carbocycles. The van der Waals surface area contributed by atoms with Crippen molar-refractivity contribution in [1.29, 1.82) is 0 Å². The first-order valence-corrected chi connectivity index (χ1v) is 7.86. The average Bonchev–Trinajstić information content (AvgIpc) is 3.19. The molecule has 1 heteroatoms. The molecule has 0 bridgehead atoms. The minimum Gasteiger partial charge on any atom is -0.324 e. The number of hydrogen-bond donors (Lipinski definition) is 1. The van der Waals surface area contributed by atoms with Crippen molar-refractivity contribution in [2.45, 2.75) is 56.9 Å². The molecule has 0 aliphatic heterocycles. The minimum atomic E-state index is 0.309. The van der Waals surface area contributed by atoms with E-state index in [2.05, 4.69) is 36.4 Å². The summed E-state index contributed by atoms with van der Waals surface area (Å²) >= 11 is 0. The molecular weight excluding hydrogens is 230 g/mol. The molecule has 102 valence electrons. The predicted octanol–water partition coefficient (Wildman–Crippen LogP) is 4.40. The van der Waals surface area contributed by atoms with Crippen LogP contribution in [0, 0.1) is 5.92 Å². The van der Waals surface area contributed by atoms with Crippen molar-refractivity contribution in [3.63, 3.8) is 0 Å². The minimum absolute atomic E-state index is 0.309. The Balaban J connectivity index is 1.64. The van der Waals surface area contributed by atoms with Crippen molar-refractivity contribution in [3.05, 3.63) is 47.5 Å². The lowest BCUT2D eigenvalue weighted by molar-refractivity contribution is 0.568. The third kappa shape index (κ3) is 3.09. The van der Waals surface area contributed by atoms with Crippen molar-refractivity contribution in [2.75, 3.05) is 0 Å². The molecule has 1 aromatic carbocycles. The lowest BCUT2D eigenvalue weighted by Crippen LogP contribution is -2.26. The standard InChI is InChI=1S/C18H25N/c19-18(15-11-5-2-1-3-6-12-15)17-13-16(17)14-9-7-4-8-10-14/h4,7-11,16-18H,1-3,5-6,12-13,19H2/b15-11+. The molecule has 19 heavy (non-hydrogen) atoms. The van der Waals surface area contributed by atoms with Gasteiger partial charge in [-0.15, -0.1) is 0 Å². The van der Waals surface area contributed by atoms with Gasteiger partial charge in [-0.05, 0) is 49.5 Å². The van der Waals surface area contributed by atoms with E-state index in [9.17, 15) is 0 Å². The molecule has 0 spiro atoms. The Hall–Kier alpha value is -1.08. The van der Waals surface area contributed by atoms with Gasteiger partial charge in [0.1, 0.15) is 0 Å². The average molecular weight is 255 g/mol. The monoisotopic (exact) mass is 255 g/mol. The van der Waals surface area contributed by atoms with Gasteiger partial charge in [0.05, 0.1) is 0 Å². The second kappa shape index (κ2) is 5.92. The third-order valence-corrected chi connectivity index (χ3v) is 4.78. The van der Waals surface area contributed by atoms with Gasteiger partial charge in [-0.3, -0.25) is 0 Å². The van der Waals surface area contributed by atoms with Crippen LogP contribution in [0.25, 0.3) is 0 Å². The number of benzene rings is 1. The van der Waals surface area contributed by atoms with Crippen molar-refractivity contribution in [2.24, 2.45) is 11.7 Å². The van der Waals surface area contributed by atoms with Crippen LogP contribution in [0.1, 0.15) is 56.4 Å². The summed E-state index contributed by atoms with van der Waals surface area (Å²) in [6.07, 6.45) is 11.7. The van der Waals surface area contributed by atoms with E-state index < -0.39 is 0 Å². The van der Waals surface area contributed by atoms with Crippen LogP contribution in [-0.2, 0) is 0 Å². The predicted molar refractivity (Wildman–Crippen MR) is 81.1 cm³/mol. The summed E-state index contributed by atoms with van der Waals surface area (Å²) in [4.78, 5) is 0. The van der Waals surface area contributed by atoms with E-state index >= 15 is 0 Å². The molecule has 0 aromatic heterocycles. The number of allylic oxidation sites excluding steroid dienone is 1. The maximum Gasteiger partial charge on any atom is 0.0288 e. The second-order valence-electron chi connectivity index (χ2n) is 6.17. The van der Waals surface area contributed by atoms with Gasteiger partial charge in [0.2, 0.25) is 0 Å². The Bertz CT molecular complexity index is 434. The summed E-state index contributed by atoms with van der Waals surface area (Å²) in [5, 5.41) is 0. The zero-order valence-electron chi connectivity index (χ0n) is 11.7. The Morgan fingerprint density at radius 1 is 1.00 bits per heavy atom. The fourth-order valence-corrected chi connectivity index (χ4v) is 3.49. The van der Waals surface area contributed by atoms with Crippen LogP contribution in [0.5, 0.6) is 0 Å². The number of rotatable bonds is 3. The van der Waals surface area contributed by atoms with Crippen LogP contribution in [0.3, 0.4) is 0 Å². The SMILES string of the molecule is NC(/C1=C/CCCCCC1)C1CC1c1ccccc1. The Morgan fingerprint density at radius 2 is 1.79 bits per heavy atom. The number of hydrogen-bond acceptors (Lipinski definition) is 1. The Kier molecular flexibility index (Phi) is 4.03. The van der Waals surface area contributed by atoms with E-state index in [0.29, 0.717) is 17.9 Å². The van der Waals surface area contributed by atoms with Gasteiger partial charge in [-0.25, -0.2) is 0 Å². The molecule has 3 unspecified atom stereocenters. The van der Waals surface area contributed by atoms with Crippen LogP contribution in [-0.4, -0.2) is 6.04 Å². The van der Waals surface area contributed by atoms with E-state index in [-0.39, 0.29) is 0 Å². The van der Waals surface area contributed by atoms with Gasteiger partial charge >= 0.3 is 0 Å². The van der Waals surface area contributed by atoms with Crippen LogP contribution in [0.2, 0.25) is 0 Å². The van der Waals surface area contributed by atoms with Crippen molar-refractivity contribution in [3.8, 4) is 0 Å². The van der Waals surface area contributed by atoms with E-state index in [4.69, 9.17) is 5.73 Å². The van der Waals surface area contributed by atoms with E-state index in [0.717, 1.165) is 0 Å². The zero-order valence-corrected chi connectivity index (χ0v) is 11.7. The van der Waals surface area contributed by atoms with Crippen molar-refractivity contribution in [1.82, 2.24) is 0 Å². The van der Waals surface area contributed by atoms with Gasteiger partial charge in [-0.1, -0.05) is 54.8 Å². The molecule has 3 rings (SSSR count). The van der Waals surface area contributed by atoms with Crippen LogP contribution < -0.4 is 5.73 Å². The van der Waals surface area contributed by atoms with Gasteiger partial charge in [0.25, 0.3) is 0 Å². The topological polar surface area (TPSA) is 26.0 Å². The maximum atomic E-state index is 6.53. The molecule has 1 nitrogen and oxygen atoms in total. The summed E-state index contributed by atoms with van der Waals surface area (Å²) in [6.45, 7) is 0. The summed E-state index contributed by atoms with van der Waals surface area (Å²) in [5.74, 6) is 1.40. The Labute approximate surface area is 116 Å². The zero-order chi connectivity index (χ0) is 13.1. The van der Waals surface area contributed by atoms with Gasteiger partial charge in [0, 0.05) is 6.04 Å². The van der Waals surface area contributed by atoms with Crippen molar-refractivity contribution >= 4 is 0 Å². The van der Waals surface area contributed by atoms with Gasteiger partial charge in [0.15, 0.2) is 0 Å². The molecule has 0 heterocycles. The largest absolute Gasteiger partial charge is 0.324 e. The molecule has 0 amide bonds. The molecule has 1 aromatic rings. The molecule has 0 radical (unpaired) electrons. The van der Waals surface area contributed by atoms with E-state index in [1.807, 2.05) is 0 Å². The Morgan fingerprint density at radius 3 is 2.63 bits per heavy atom. The van der Waals surface area contributed by atoms with E-state index in [1.54, 1.807) is 5.57 Å². The van der Waals surface area contributed by atoms with Crippen molar-refractivity contribution < 1.29 is 0 Å². The molecule has 3 atom stereocenters. The highest BCUT2D eigenvalue weighted by Crippen LogP contribution is 2.50. The fraction of sp³-hybridized carbons (Fsp3) is 0.556. The molecule has 1 fully saturated rings. The highest BCUT2D eigenvalue weighted by molar-refractivity contribution is 5.29. The number of nitrogens with two attached hydrogens (primary N) is 1. The maximum absolute atomic E-state index is 6.53.